The molecule has 0 N–H and O–H groups in total. The van der Waals surface area contributed by atoms with Gasteiger partial charge in [-0.2, -0.15) is 0 Å². The molecule has 0 bridgehead atoms. The molecule has 1 nitrogen and oxygen atoms in total. The molecule has 0 atom stereocenters. The van der Waals surface area contributed by atoms with Crippen LogP contribution in [-0.2, 0) is 6.42 Å². The lowest BCUT2D eigenvalue weighted by atomic mass is 10.1. The molecule has 2 aromatic rings. The van der Waals surface area contributed by atoms with Crippen molar-refractivity contribution in [2.75, 3.05) is 0 Å². The molecule has 2 aromatic heterocycles. The normalized spacial score (nSPS) is 10.5. The van der Waals surface area contributed by atoms with Crippen LogP contribution in [0.1, 0.15) is 18.9 Å². The Balaban J connectivity index is 2.23. The van der Waals surface area contributed by atoms with Gasteiger partial charge in [-0.05, 0) is 30.2 Å². The second-order valence-electron chi connectivity index (χ2n) is 3.41. The summed E-state index contributed by atoms with van der Waals surface area (Å²) < 4.78 is 0.810. The summed E-state index contributed by atoms with van der Waals surface area (Å²) in [6.07, 6.45) is 4.21. The molecule has 2 rings (SSSR count). The standard InChI is InChI=1S/C12H12ClNS/c1-2-3-9-4-5-10(14-8-9)11-6-7-12(13)15-11/h4-8H,2-3H2,1H3. The van der Waals surface area contributed by atoms with E-state index < -0.39 is 0 Å². The molecule has 0 spiro atoms. The molecular weight excluding hydrogens is 226 g/mol. The minimum absolute atomic E-state index is 0.810. The van der Waals surface area contributed by atoms with E-state index in [1.54, 1.807) is 11.3 Å². The van der Waals surface area contributed by atoms with E-state index in [-0.39, 0.29) is 0 Å². The van der Waals surface area contributed by atoms with Crippen LogP contribution in [0.4, 0.5) is 0 Å². The molecule has 0 fully saturated rings. The summed E-state index contributed by atoms with van der Waals surface area (Å²) in [7, 11) is 0. The summed E-state index contributed by atoms with van der Waals surface area (Å²) in [5.41, 5.74) is 2.30. The van der Waals surface area contributed by atoms with Crippen molar-refractivity contribution in [2.45, 2.75) is 19.8 Å². The molecule has 0 saturated heterocycles. The van der Waals surface area contributed by atoms with Crippen molar-refractivity contribution in [2.24, 2.45) is 0 Å². The summed E-state index contributed by atoms with van der Waals surface area (Å²) in [5.74, 6) is 0. The Labute approximate surface area is 98.7 Å². The van der Waals surface area contributed by atoms with Crippen molar-refractivity contribution in [3.05, 3.63) is 40.4 Å². The zero-order valence-electron chi connectivity index (χ0n) is 8.53. The average Bonchev–Trinajstić information content (AvgIpc) is 2.67. The van der Waals surface area contributed by atoms with E-state index in [0.29, 0.717) is 0 Å². The molecule has 0 aliphatic carbocycles. The number of nitrogens with zero attached hydrogens (tertiary/aromatic N) is 1. The van der Waals surface area contributed by atoms with Crippen LogP contribution < -0.4 is 0 Å². The van der Waals surface area contributed by atoms with Crippen molar-refractivity contribution in [1.29, 1.82) is 0 Å². The maximum absolute atomic E-state index is 5.88. The molecule has 3 heteroatoms. The molecule has 0 unspecified atom stereocenters. The van der Waals surface area contributed by atoms with Crippen LogP contribution >= 0.6 is 22.9 Å². The van der Waals surface area contributed by atoms with Crippen molar-refractivity contribution in [3.8, 4) is 10.6 Å². The Hall–Kier alpha value is -0.860. The molecule has 0 aromatic carbocycles. The Morgan fingerprint density at radius 2 is 2.13 bits per heavy atom. The van der Waals surface area contributed by atoms with Crippen LogP contribution in [0, 0.1) is 0 Å². The molecular formula is C12H12ClNS. The van der Waals surface area contributed by atoms with Crippen LogP contribution in [0.15, 0.2) is 30.5 Å². The highest BCUT2D eigenvalue weighted by molar-refractivity contribution is 7.19. The molecule has 0 aliphatic rings. The van der Waals surface area contributed by atoms with E-state index in [9.17, 15) is 0 Å². The number of aromatic nitrogens is 1. The van der Waals surface area contributed by atoms with Gasteiger partial charge in [-0.1, -0.05) is 31.0 Å². The molecule has 0 amide bonds. The van der Waals surface area contributed by atoms with Gasteiger partial charge in [-0.3, -0.25) is 4.98 Å². The molecule has 0 radical (unpaired) electrons. The summed E-state index contributed by atoms with van der Waals surface area (Å²) in [6, 6.07) is 8.12. The molecule has 78 valence electrons. The van der Waals surface area contributed by atoms with E-state index in [2.05, 4.69) is 24.0 Å². The number of pyridine rings is 1. The summed E-state index contributed by atoms with van der Waals surface area (Å²) >= 11 is 7.45. The number of hydrogen-bond acceptors (Lipinski definition) is 2. The lowest BCUT2D eigenvalue weighted by Crippen LogP contribution is -1.86. The zero-order valence-corrected chi connectivity index (χ0v) is 10.1. The Kier molecular flexibility index (Phi) is 3.39. The van der Waals surface area contributed by atoms with E-state index in [4.69, 9.17) is 11.6 Å². The maximum Gasteiger partial charge on any atom is 0.0935 e. The first-order chi connectivity index (χ1) is 7.29. The zero-order chi connectivity index (χ0) is 10.7. The average molecular weight is 238 g/mol. The number of hydrogen-bond donors (Lipinski definition) is 0. The fourth-order valence-electron chi connectivity index (χ4n) is 1.46. The highest BCUT2D eigenvalue weighted by atomic mass is 35.5. The van der Waals surface area contributed by atoms with Crippen molar-refractivity contribution < 1.29 is 0 Å². The molecule has 15 heavy (non-hydrogen) atoms. The van der Waals surface area contributed by atoms with Crippen molar-refractivity contribution >= 4 is 22.9 Å². The lowest BCUT2D eigenvalue weighted by molar-refractivity contribution is 0.914. The predicted octanol–water partition coefficient (Wildman–Crippen LogP) is 4.42. The monoisotopic (exact) mass is 237 g/mol. The Bertz CT molecular complexity index is 433. The first kappa shape index (κ1) is 10.7. The minimum Gasteiger partial charge on any atom is -0.255 e. The van der Waals surface area contributed by atoms with E-state index >= 15 is 0 Å². The largest absolute Gasteiger partial charge is 0.255 e. The van der Waals surface area contributed by atoms with Gasteiger partial charge in [0, 0.05) is 6.20 Å². The highest BCUT2D eigenvalue weighted by Gasteiger charge is 2.02. The Morgan fingerprint density at radius 3 is 2.67 bits per heavy atom. The maximum atomic E-state index is 5.88. The molecule has 0 aliphatic heterocycles. The number of rotatable bonds is 3. The van der Waals surface area contributed by atoms with Crippen molar-refractivity contribution in [1.82, 2.24) is 4.98 Å². The van der Waals surface area contributed by atoms with E-state index in [0.717, 1.165) is 27.7 Å². The topological polar surface area (TPSA) is 12.9 Å². The Morgan fingerprint density at radius 1 is 1.27 bits per heavy atom. The SMILES string of the molecule is CCCc1ccc(-c2ccc(Cl)s2)nc1. The van der Waals surface area contributed by atoms with Gasteiger partial charge in [0.2, 0.25) is 0 Å². The van der Waals surface area contributed by atoms with Gasteiger partial charge >= 0.3 is 0 Å². The van der Waals surface area contributed by atoms with Crippen LogP contribution in [0.25, 0.3) is 10.6 Å². The van der Waals surface area contributed by atoms with Crippen LogP contribution in [0.5, 0.6) is 0 Å². The third kappa shape index (κ3) is 2.58. The third-order valence-corrected chi connectivity index (χ3v) is 3.44. The van der Waals surface area contributed by atoms with Gasteiger partial charge in [-0.15, -0.1) is 11.3 Å². The fourth-order valence-corrected chi connectivity index (χ4v) is 2.48. The number of aryl methyl sites for hydroxylation is 1. The second-order valence-corrected chi connectivity index (χ2v) is 5.12. The van der Waals surface area contributed by atoms with Crippen LogP contribution in [0.3, 0.4) is 0 Å². The molecule has 0 saturated carbocycles. The van der Waals surface area contributed by atoms with Gasteiger partial charge in [-0.25, -0.2) is 0 Å². The highest BCUT2D eigenvalue weighted by Crippen LogP contribution is 2.29. The quantitative estimate of drug-likeness (QED) is 0.770. The predicted molar refractivity (Wildman–Crippen MR) is 66.6 cm³/mol. The minimum atomic E-state index is 0.810. The van der Waals surface area contributed by atoms with E-state index in [1.807, 2.05) is 18.3 Å². The number of thiophene rings is 1. The fraction of sp³-hybridized carbons (Fsp3) is 0.250. The first-order valence-electron chi connectivity index (χ1n) is 5.00. The van der Waals surface area contributed by atoms with Crippen LogP contribution in [-0.4, -0.2) is 4.98 Å². The first-order valence-corrected chi connectivity index (χ1v) is 6.19. The lowest BCUT2D eigenvalue weighted by Gasteiger charge is -1.99. The van der Waals surface area contributed by atoms with Gasteiger partial charge < -0.3 is 0 Å². The van der Waals surface area contributed by atoms with Gasteiger partial charge in [0.25, 0.3) is 0 Å². The smallest absolute Gasteiger partial charge is 0.0935 e. The third-order valence-electron chi connectivity index (χ3n) is 2.19. The summed E-state index contributed by atoms with van der Waals surface area (Å²) in [6.45, 7) is 2.17. The second kappa shape index (κ2) is 4.77. The number of halogens is 1. The summed E-state index contributed by atoms with van der Waals surface area (Å²) in [4.78, 5) is 5.56. The van der Waals surface area contributed by atoms with E-state index in [1.165, 1.54) is 5.56 Å². The van der Waals surface area contributed by atoms with Gasteiger partial charge in [0.05, 0.1) is 14.9 Å². The van der Waals surface area contributed by atoms with Gasteiger partial charge in [0.1, 0.15) is 0 Å². The van der Waals surface area contributed by atoms with Crippen molar-refractivity contribution in [3.63, 3.8) is 0 Å². The van der Waals surface area contributed by atoms with Gasteiger partial charge in [0.15, 0.2) is 0 Å². The van der Waals surface area contributed by atoms with Crippen LogP contribution in [0.2, 0.25) is 4.34 Å². The molecule has 2 heterocycles. The summed E-state index contributed by atoms with van der Waals surface area (Å²) in [5, 5.41) is 0.